The minimum Gasteiger partial charge on any atom is -0.467 e. The van der Waals surface area contributed by atoms with Crippen LogP contribution in [0.1, 0.15) is 24.6 Å². The van der Waals surface area contributed by atoms with E-state index in [1.807, 2.05) is 0 Å². The Morgan fingerprint density at radius 2 is 2.18 bits per heavy atom. The fourth-order valence-electron chi connectivity index (χ4n) is 2.18. The lowest BCUT2D eigenvalue weighted by molar-refractivity contribution is -0.145. The molecule has 2 amide bonds. The average molecular weight is 308 g/mol. The zero-order chi connectivity index (χ0) is 16.3. The van der Waals surface area contributed by atoms with Crippen LogP contribution >= 0.6 is 0 Å². The maximum atomic E-state index is 12.1. The Labute approximate surface area is 128 Å². The molecule has 1 aromatic heterocycles. The monoisotopic (exact) mass is 308 g/mol. The normalized spacial score (nSPS) is 15.0. The van der Waals surface area contributed by atoms with Gasteiger partial charge in [-0.2, -0.15) is 5.10 Å². The number of likely N-dealkylation sites (N-methyl/N-ethyl adjacent to an activating group) is 1. The molecule has 0 radical (unpaired) electrons. The minimum atomic E-state index is -0.950. The largest absolute Gasteiger partial charge is 0.467 e. The molecule has 22 heavy (non-hydrogen) atoms. The van der Waals surface area contributed by atoms with Gasteiger partial charge in [0.2, 0.25) is 11.8 Å². The number of hydrogen-bond donors (Lipinski definition) is 1. The molecule has 0 saturated heterocycles. The molecule has 0 bridgehead atoms. The van der Waals surface area contributed by atoms with Crippen molar-refractivity contribution in [3.63, 3.8) is 0 Å². The van der Waals surface area contributed by atoms with Gasteiger partial charge in [0, 0.05) is 26.2 Å². The smallest absolute Gasteiger partial charge is 0.334 e. The summed E-state index contributed by atoms with van der Waals surface area (Å²) in [6.45, 7) is -0.0965. The molecule has 1 saturated carbocycles. The first kappa shape index (κ1) is 16.0. The van der Waals surface area contributed by atoms with Crippen LogP contribution in [0.5, 0.6) is 0 Å². The molecule has 1 N–H and O–H groups in total. The number of rotatable bonds is 6. The summed E-state index contributed by atoms with van der Waals surface area (Å²) in [5, 5.41) is 6.56. The van der Waals surface area contributed by atoms with Gasteiger partial charge in [0.1, 0.15) is 0 Å². The third-order valence-electron chi connectivity index (χ3n) is 3.58. The van der Waals surface area contributed by atoms with Crippen LogP contribution in [0.25, 0.3) is 0 Å². The van der Waals surface area contributed by atoms with E-state index in [-0.39, 0.29) is 18.4 Å². The van der Waals surface area contributed by atoms with Crippen molar-refractivity contribution >= 4 is 17.8 Å². The molecule has 120 valence electrons. The summed E-state index contributed by atoms with van der Waals surface area (Å²) in [7, 11) is 4.50. The van der Waals surface area contributed by atoms with Crippen molar-refractivity contribution < 1.29 is 19.1 Å². The molecule has 1 aliphatic rings. The van der Waals surface area contributed by atoms with Crippen molar-refractivity contribution in [2.24, 2.45) is 13.0 Å². The fourth-order valence-corrected chi connectivity index (χ4v) is 2.18. The van der Waals surface area contributed by atoms with Crippen molar-refractivity contribution in [3.05, 3.63) is 18.0 Å². The molecule has 2 rings (SSSR count). The third-order valence-corrected chi connectivity index (χ3v) is 3.58. The van der Waals surface area contributed by atoms with Gasteiger partial charge in [-0.1, -0.05) is 0 Å². The van der Waals surface area contributed by atoms with E-state index in [1.54, 1.807) is 20.2 Å². The number of amides is 2. The van der Waals surface area contributed by atoms with Gasteiger partial charge >= 0.3 is 5.97 Å². The van der Waals surface area contributed by atoms with E-state index in [2.05, 4.69) is 10.4 Å². The number of ether oxygens (including phenoxy) is 1. The molecule has 0 aromatic carbocycles. The highest BCUT2D eigenvalue weighted by molar-refractivity contribution is 5.89. The lowest BCUT2D eigenvalue weighted by Gasteiger charge is -2.20. The Balaban J connectivity index is 2.00. The highest BCUT2D eigenvalue weighted by Gasteiger charge is 2.33. The Kier molecular flexibility index (Phi) is 4.79. The third kappa shape index (κ3) is 3.63. The number of nitrogens with one attached hydrogen (secondary N) is 1. The second-order valence-electron chi connectivity index (χ2n) is 5.37. The second-order valence-corrected chi connectivity index (χ2v) is 5.37. The van der Waals surface area contributed by atoms with Gasteiger partial charge in [-0.25, -0.2) is 4.79 Å². The molecule has 1 aliphatic carbocycles. The molecule has 8 nitrogen and oxygen atoms in total. The van der Waals surface area contributed by atoms with Crippen LogP contribution in [0.2, 0.25) is 0 Å². The van der Waals surface area contributed by atoms with E-state index < -0.39 is 17.9 Å². The maximum Gasteiger partial charge on any atom is 0.334 e. The molecule has 1 unspecified atom stereocenters. The quantitative estimate of drug-likeness (QED) is 0.723. The molecule has 0 spiro atoms. The molecule has 0 aliphatic heterocycles. The summed E-state index contributed by atoms with van der Waals surface area (Å²) in [6, 6.07) is 0.676. The van der Waals surface area contributed by atoms with Crippen molar-refractivity contribution in [2.75, 3.05) is 20.7 Å². The van der Waals surface area contributed by atoms with Crippen LogP contribution in [0.4, 0.5) is 0 Å². The number of aromatic nitrogens is 2. The molecule has 1 aromatic rings. The summed E-state index contributed by atoms with van der Waals surface area (Å²) in [6.07, 6.45) is 3.29. The van der Waals surface area contributed by atoms with Gasteiger partial charge in [-0.15, -0.1) is 0 Å². The van der Waals surface area contributed by atoms with Crippen LogP contribution in [0.3, 0.4) is 0 Å². The van der Waals surface area contributed by atoms with Crippen molar-refractivity contribution in [2.45, 2.75) is 18.9 Å². The predicted octanol–water partition coefficient (Wildman–Crippen LogP) is -0.381. The van der Waals surface area contributed by atoms with Gasteiger partial charge in [0.25, 0.3) is 0 Å². The van der Waals surface area contributed by atoms with Crippen molar-refractivity contribution in [1.29, 1.82) is 0 Å². The highest BCUT2D eigenvalue weighted by atomic mass is 16.5. The van der Waals surface area contributed by atoms with Gasteiger partial charge in [-0.3, -0.25) is 14.3 Å². The van der Waals surface area contributed by atoms with Crippen LogP contribution in [-0.2, 0) is 26.2 Å². The summed E-state index contributed by atoms with van der Waals surface area (Å²) in [4.78, 5) is 37.2. The number of esters is 1. The minimum absolute atomic E-state index is 0.0368. The summed E-state index contributed by atoms with van der Waals surface area (Å²) < 4.78 is 6.20. The first-order valence-electron chi connectivity index (χ1n) is 7.04. The number of nitrogens with zero attached hydrogens (tertiary/aromatic N) is 3. The number of hydrogen-bond acceptors (Lipinski definition) is 5. The predicted molar refractivity (Wildman–Crippen MR) is 76.5 cm³/mol. The Morgan fingerprint density at radius 3 is 2.68 bits per heavy atom. The summed E-state index contributed by atoms with van der Waals surface area (Å²) >= 11 is 0. The molecule has 1 fully saturated rings. The van der Waals surface area contributed by atoms with Gasteiger partial charge < -0.3 is 15.0 Å². The maximum absolute atomic E-state index is 12.1. The van der Waals surface area contributed by atoms with Gasteiger partial charge in [0.15, 0.2) is 6.04 Å². The SMILES string of the molecule is COC(=O)C(NC(=O)CN(C)C(=O)C1CC1)c1ccnn1C. The van der Waals surface area contributed by atoms with E-state index >= 15 is 0 Å². The first-order valence-corrected chi connectivity index (χ1v) is 7.04. The zero-order valence-electron chi connectivity index (χ0n) is 12.9. The van der Waals surface area contributed by atoms with Gasteiger partial charge in [0.05, 0.1) is 19.3 Å². The standard InChI is InChI=1S/C14H20N4O4/c1-17(13(20)9-4-5-9)8-11(19)16-12(14(21)22-3)10-6-7-15-18(10)2/h6-7,9,12H,4-5,8H2,1-3H3,(H,16,19). The van der Waals surface area contributed by atoms with Crippen molar-refractivity contribution in [3.8, 4) is 0 Å². The Morgan fingerprint density at radius 1 is 1.50 bits per heavy atom. The molecular formula is C14H20N4O4. The molecular weight excluding hydrogens is 288 g/mol. The second kappa shape index (κ2) is 6.59. The average Bonchev–Trinajstić information content (AvgIpc) is 3.25. The Hall–Kier alpha value is -2.38. The summed E-state index contributed by atoms with van der Waals surface area (Å²) in [5.74, 6) is -1.00. The van der Waals surface area contributed by atoms with Crippen LogP contribution < -0.4 is 5.32 Å². The van der Waals surface area contributed by atoms with Crippen LogP contribution in [-0.4, -0.2) is 53.2 Å². The van der Waals surface area contributed by atoms with Crippen molar-refractivity contribution in [1.82, 2.24) is 20.0 Å². The van der Waals surface area contributed by atoms with E-state index in [9.17, 15) is 14.4 Å². The zero-order valence-corrected chi connectivity index (χ0v) is 12.9. The number of carbonyl (C=O) groups excluding carboxylic acids is 3. The summed E-state index contributed by atoms with van der Waals surface area (Å²) in [5.41, 5.74) is 0.511. The fraction of sp³-hybridized carbons (Fsp3) is 0.571. The number of aryl methyl sites for hydroxylation is 1. The van der Waals surface area contributed by atoms with E-state index in [0.717, 1.165) is 12.8 Å². The van der Waals surface area contributed by atoms with Crippen LogP contribution in [0.15, 0.2) is 12.3 Å². The lowest BCUT2D eigenvalue weighted by Crippen LogP contribution is -2.43. The van der Waals surface area contributed by atoms with E-state index in [1.165, 1.54) is 22.9 Å². The Bertz CT molecular complexity index is 579. The van der Waals surface area contributed by atoms with Crippen LogP contribution in [0, 0.1) is 5.92 Å². The van der Waals surface area contributed by atoms with E-state index in [0.29, 0.717) is 5.69 Å². The molecule has 1 heterocycles. The number of methoxy groups -OCH3 is 1. The number of carbonyl (C=O) groups is 3. The highest BCUT2D eigenvalue weighted by Crippen LogP contribution is 2.30. The first-order chi connectivity index (χ1) is 10.4. The van der Waals surface area contributed by atoms with E-state index in [4.69, 9.17) is 4.74 Å². The molecule has 8 heteroatoms. The lowest BCUT2D eigenvalue weighted by atomic mass is 10.2. The molecule has 1 atom stereocenters. The van der Waals surface area contributed by atoms with Gasteiger partial charge in [-0.05, 0) is 18.9 Å². The topological polar surface area (TPSA) is 93.5 Å².